The van der Waals surface area contributed by atoms with Crippen molar-refractivity contribution in [1.82, 2.24) is 19.3 Å². The molecule has 2 aromatic heterocycles. The zero-order chi connectivity index (χ0) is 16.6. The number of likely N-dealkylation sites (tertiary alicyclic amines) is 1. The highest BCUT2D eigenvalue weighted by Gasteiger charge is 2.29. The van der Waals surface area contributed by atoms with E-state index in [9.17, 15) is 9.90 Å². The largest absolute Gasteiger partial charge is 0.465 e. The zero-order valence-electron chi connectivity index (χ0n) is 12.5. The summed E-state index contributed by atoms with van der Waals surface area (Å²) in [5.74, 6) is 0.793. The standard InChI is InChI=1S/C14H16BrClN4O3/c1-23-7-9-5-17-12(16)10-11(15)18-13(20(9)10)8-3-2-4-19(6-8)14(21)22/h5,8H,2-4,6-7H2,1H3,(H,21,22). The Balaban J connectivity index is 2.10. The Bertz CT molecular complexity index is 751. The fraction of sp³-hybridized carbons (Fsp3) is 0.500. The minimum Gasteiger partial charge on any atom is -0.465 e. The first-order valence-corrected chi connectivity index (χ1v) is 8.38. The van der Waals surface area contributed by atoms with Crippen LogP contribution in [0.5, 0.6) is 0 Å². The van der Waals surface area contributed by atoms with Crippen LogP contribution in [-0.4, -0.2) is 50.7 Å². The first-order chi connectivity index (χ1) is 11.0. The molecule has 2 aromatic rings. The van der Waals surface area contributed by atoms with Gasteiger partial charge < -0.3 is 14.7 Å². The fourth-order valence-electron chi connectivity index (χ4n) is 3.01. The third-order valence-corrected chi connectivity index (χ3v) is 4.85. The van der Waals surface area contributed by atoms with Gasteiger partial charge in [0.05, 0.1) is 18.5 Å². The number of piperidine rings is 1. The van der Waals surface area contributed by atoms with Crippen LogP contribution in [0, 0.1) is 0 Å². The third kappa shape index (κ3) is 3.02. The lowest BCUT2D eigenvalue weighted by molar-refractivity contribution is 0.129. The number of methoxy groups -OCH3 is 1. The van der Waals surface area contributed by atoms with Crippen LogP contribution in [0.1, 0.15) is 30.3 Å². The lowest BCUT2D eigenvalue weighted by atomic mass is 9.97. The van der Waals surface area contributed by atoms with E-state index in [4.69, 9.17) is 16.3 Å². The number of hydrogen-bond donors (Lipinski definition) is 1. The SMILES string of the molecule is COCc1cnc(Cl)c2c(Br)nc(C3CCCN(C(=O)O)C3)n12. The molecule has 1 unspecified atom stereocenters. The van der Waals surface area contributed by atoms with Crippen LogP contribution in [0.3, 0.4) is 0 Å². The lowest BCUT2D eigenvalue weighted by Crippen LogP contribution is -2.38. The zero-order valence-corrected chi connectivity index (χ0v) is 14.8. The van der Waals surface area contributed by atoms with Crippen molar-refractivity contribution in [3.8, 4) is 0 Å². The lowest BCUT2D eigenvalue weighted by Gasteiger charge is -2.30. The molecular weight excluding hydrogens is 388 g/mol. The first-order valence-electron chi connectivity index (χ1n) is 7.21. The van der Waals surface area contributed by atoms with Crippen LogP contribution in [0.25, 0.3) is 5.52 Å². The average molecular weight is 404 g/mol. The van der Waals surface area contributed by atoms with Crippen molar-refractivity contribution in [2.24, 2.45) is 0 Å². The van der Waals surface area contributed by atoms with E-state index in [1.54, 1.807) is 13.3 Å². The second kappa shape index (κ2) is 6.62. The molecule has 0 aromatic carbocycles. The Kier molecular flexibility index (Phi) is 4.74. The summed E-state index contributed by atoms with van der Waals surface area (Å²) in [5, 5.41) is 9.59. The van der Waals surface area contributed by atoms with Crippen molar-refractivity contribution in [2.75, 3.05) is 20.2 Å². The number of aromatic nitrogens is 3. The number of ether oxygens (including phenoxy) is 1. The van der Waals surface area contributed by atoms with Crippen molar-refractivity contribution in [2.45, 2.75) is 25.4 Å². The van der Waals surface area contributed by atoms with E-state index in [0.29, 0.717) is 35.0 Å². The Morgan fingerprint density at radius 1 is 1.61 bits per heavy atom. The van der Waals surface area contributed by atoms with Crippen LogP contribution in [0.2, 0.25) is 5.15 Å². The van der Waals surface area contributed by atoms with E-state index < -0.39 is 6.09 Å². The molecular formula is C14H16BrClN4O3. The molecule has 1 aliphatic heterocycles. The summed E-state index contributed by atoms with van der Waals surface area (Å²) < 4.78 is 7.77. The number of carbonyl (C=O) groups is 1. The minimum absolute atomic E-state index is 0.00715. The molecule has 3 rings (SSSR count). The highest BCUT2D eigenvalue weighted by Crippen LogP contribution is 2.33. The van der Waals surface area contributed by atoms with E-state index >= 15 is 0 Å². The van der Waals surface area contributed by atoms with Gasteiger partial charge in [0.2, 0.25) is 0 Å². The molecule has 0 spiro atoms. The van der Waals surface area contributed by atoms with Gasteiger partial charge in [0.25, 0.3) is 0 Å². The number of nitrogens with zero attached hydrogens (tertiary/aromatic N) is 4. The molecule has 7 nitrogen and oxygen atoms in total. The molecule has 1 fully saturated rings. The van der Waals surface area contributed by atoms with Gasteiger partial charge >= 0.3 is 6.09 Å². The normalized spacial score (nSPS) is 18.6. The number of fused-ring (bicyclic) bond motifs is 1. The number of hydrogen-bond acceptors (Lipinski definition) is 4. The molecule has 0 bridgehead atoms. The van der Waals surface area contributed by atoms with Crippen LogP contribution in [0.15, 0.2) is 10.8 Å². The summed E-state index contributed by atoms with van der Waals surface area (Å²) in [6.45, 7) is 1.35. The van der Waals surface area contributed by atoms with Gasteiger partial charge in [0.1, 0.15) is 15.9 Å². The van der Waals surface area contributed by atoms with Crippen molar-refractivity contribution < 1.29 is 14.6 Å². The molecule has 0 radical (unpaired) electrons. The van der Waals surface area contributed by atoms with E-state index in [2.05, 4.69) is 25.9 Å². The summed E-state index contributed by atoms with van der Waals surface area (Å²) in [6, 6.07) is 0. The number of halogens is 2. The Morgan fingerprint density at radius 2 is 2.39 bits per heavy atom. The van der Waals surface area contributed by atoms with Crippen molar-refractivity contribution >= 4 is 39.1 Å². The molecule has 124 valence electrons. The van der Waals surface area contributed by atoms with Crippen LogP contribution < -0.4 is 0 Å². The van der Waals surface area contributed by atoms with Gasteiger partial charge in [-0.3, -0.25) is 4.40 Å². The Labute approximate surface area is 146 Å². The second-order valence-electron chi connectivity index (χ2n) is 5.49. The number of amides is 1. The molecule has 1 amide bonds. The third-order valence-electron chi connectivity index (χ3n) is 4.02. The fourth-order valence-corrected chi connectivity index (χ4v) is 3.90. The van der Waals surface area contributed by atoms with Gasteiger partial charge in [-0.1, -0.05) is 11.6 Å². The maximum atomic E-state index is 11.3. The predicted molar refractivity (Wildman–Crippen MR) is 88.0 cm³/mol. The molecule has 3 heterocycles. The summed E-state index contributed by atoms with van der Waals surface area (Å²) >= 11 is 9.66. The van der Waals surface area contributed by atoms with Crippen molar-refractivity contribution in [3.05, 3.63) is 27.5 Å². The maximum absolute atomic E-state index is 11.3. The number of carboxylic acid groups (broad SMARTS) is 1. The summed E-state index contributed by atoms with van der Waals surface area (Å²) in [5.41, 5.74) is 1.51. The number of imidazole rings is 1. The average Bonchev–Trinajstić information content (AvgIpc) is 2.89. The summed E-state index contributed by atoms with van der Waals surface area (Å²) in [7, 11) is 1.61. The van der Waals surface area contributed by atoms with Crippen molar-refractivity contribution in [3.63, 3.8) is 0 Å². The van der Waals surface area contributed by atoms with Gasteiger partial charge in [-0.15, -0.1) is 0 Å². The number of rotatable bonds is 3. The molecule has 1 saturated heterocycles. The van der Waals surface area contributed by atoms with Gasteiger partial charge in [-0.2, -0.15) is 0 Å². The molecule has 1 N–H and O–H groups in total. The smallest absolute Gasteiger partial charge is 0.407 e. The summed E-state index contributed by atoms with van der Waals surface area (Å²) in [6.07, 6.45) is 2.45. The predicted octanol–water partition coefficient (Wildman–Crippen LogP) is 3.15. The molecule has 0 aliphatic carbocycles. The monoisotopic (exact) mass is 402 g/mol. The van der Waals surface area contributed by atoms with Gasteiger partial charge in [0.15, 0.2) is 5.15 Å². The van der Waals surface area contributed by atoms with Gasteiger partial charge in [-0.05, 0) is 28.8 Å². The Morgan fingerprint density at radius 3 is 3.09 bits per heavy atom. The molecule has 23 heavy (non-hydrogen) atoms. The van der Waals surface area contributed by atoms with Crippen LogP contribution in [0.4, 0.5) is 4.79 Å². The maximum Gasteiger partial charge on any atom is 0.407 e. The van der Waals surface area contributed by atoms with Crippen molar-refractivity contribution in [1.29, 1.82) is 0 Å². The topological polar surface area (TPSA) is 80.0 Å². The highest BCUT2D eigenvalue weighted by atomic mass is 79.9. The van der Waals surface area contributed by atoms with Crippen LogP contribution in [-0.2, 0) is 11.3 Å². The second-order valence-corrected chi connectivity index (χ2v) is 6.60. The van der Waals surface area contributed by atoms with E-state index in [1.807, 2.05) is 4.40 Å². The molecule has 9 heteroatoms. The van der Waals surface area contributed by atoms with Gasteiger partial charge in [-0.25, -0.2) is 14.8 Å². The van der Waals surface area contributed by atoms with E-state index in [1.165, 1.54) is 4.90 Å². The highest BCUT2D eigenvalue weighted by molar-refractivity contribution is 9.10. The molecule has 1 aliphatic rings. The molecule has 0 saturated carbocycles. The minimum atomic E-state index is -0.897. The van der Waals surface area contributed by atoms with E-state index in [-0.39, 0.29) is 5.92 Å². The van der Waals surface area contributed by atoms with Gasteiger partial charge in [0, 0.05) is 26.1 Å². The van der Waals surface area contributed by atoms with E-state index in [0.717, 1.165) is 24.4 Å². The first kappa shape index (κ1) is 16.5. The molecule has 1 atom stereocenters. The Hall–Kier alpha value is -1.38. The van der Waals surface area contributed by atoms with Crippen LogP contribution >= 0.6 is 27.5 Å². The quantitative estimate of drug-likeness (QED) is 0.851. The summed E-state index contributed by atoms with van der Waals surface area (Å²) in [4.78, 5) is 21.5.